The Morgan fingerprint density at radius 1 is 1.13 bits per heavy atom. The second-order valence-electron chi connectivity index (χ2n) is 7.86. The first-order valence-electron chi connectivity index (χ1n) is 11.0. The fourth-order valence-electron chi connectivity index (χ4n) is 3.79. The molecule has 0 amide bonds. The number of hydrogen-bond donors (Lipinski definition) is 1. The summed E-state index contributed by atoms with van der Waals surface area (Å²) in [5, 5.41) is 10.4. The summed E-state index contributed by atoms with van der Waals surface area (Å²) in [5.41, 5.74) is 2.35. The molecule has 1 aliphatic rings. The molecule has 0 unspecified atom stereocenters. The van der Waals surface area contributed by atoms with Gasteiger partial charge in [-0.25, -0.2) is 4.79 Å². The monoisotopic (exact) mass is 424 g/mol. The molecule has 5 heteroatoms. The van der Waals surface area contributed by atoms with Crippen LogP contribution in [0.3, 0.4) is 0 Å². The number of methoxy groups -OCH3 is 1. The van der Waals surface area contributed by atoms with Gasteiger partial charge in [0.25, 0.3) is 0 Å². The molecule has 0 saturated heterocycles. The van der Waals surface area contributed by atoms with Crippen molar-refractivity contribution in [2.75, 3.05) is 13.7 Å². The van der Waals surface area contributed by atoms with Crippen LogP contribution < -0.4 is 4.74 Å². The van der Waals surface area contributed by atoms with Crippen molar-refractivity contribution in [2.45, 2.75) is 57.3 Å². The minimum absolute atomic E-state index is 0.371. The van der Waals surface area contributed by atoms with Crippen LogP contribution >= 0.6 is 0 Å². The first-order valence-corrected chi connectivity index (χ1v) is 11.0. The molecule has 2 aromatic carbocycles. The number of rotatable bonds is 7. The Balaban J connectivity index is 1.64. The Hall–Kier alpha value is -2.63. The zero-order valence-electron chi connectivity index (χ0n) is 18.2. The van der Waals surface area contributed by atoms with Gasteiger partial charge >= 0.3 is 5.97 Å². The number of hydrogen-bond acceptors (Lipinski definition) is 5. The molecule has 31 heavy (non-hydrogen) atoms. The fourth-order valence-corrected chi connectivity index (χ4v) is 3.79. The highest BCUT2D eigenvalue weighted by atomic mass is 16.5. The molecular formula is C26H32O5. The molecule has 0 saturated carbocycles. The molecule has 0 aliphatic carbocycles. The van der Waals surface area contributed by atoms with Gasteiger partial charge in [-0.2, -0.15) is 0 Å². The number of ether oxygens (including phenoxy) is 3. The molecule has 0 radical (unpaired) electrons. The summed E-state index contributed by atoms with van der Waals surface area (Å²) >= 11 is 0. The Bertz CT molecular complexity index is 846. The van der Waals surface area contributed by atoms with E-state index in [4.69, 9.17) is 14.2 Å². The van der Waals surface area contributed by atoms with E-state index >= 15 is 0 Å². The second kappa shape index (κ2) is 12.3. The molecule has 1 aliphatic heterocycles. The Morgan fingerprint density at radius 2 is 1.97 bits per heavy atom. The number of cyclic esters (lactones) is 1. The number of aliphatic hydroxyl groups is 1. The predicted octanol–water partition coefficient (Wildman–Crippen LogP) is 5.17. The van der Waals surface area contributed by atoms with Gasteiger partial charge < -0.3 is 19.3 Å². The number of esters is 1. The Kier molecular flexibility index (Phi) is 9.13. The van der Waals surface area contributed by atoms with Crippen LogP contribution in [0.15, 0.2) is 54.6 Å². The van der Waals surface area contributed by atoms with Gasteiger partial charge in [-0.1, -0.05) is 54.6 Å². The average molecular weight is 425 g/mol. The van der Waals surface area contributed by atoms with Crippen molar-refractivity contribution < 1.29 is 24.1 Å². The van der Waals surface area contributed by atoms with E-state index in [1.54, 1.807) is 13.2 Å². The lowest BCUT2D eigenvalue weighted by Gasteiger charge is -2.22. The highest BCUT2D eigenvalue weighted by Gasteiger charge is 2.24. The average Bonchev–Trinajstić information content (AvgIpc) is 2.78. The second-order valence-corrected chi connectivity index (χ2v) is 7.86. The highest BCUT2D eigenvalue weighted by Crippen LogP contribution is 2.27. The van der Waals surface area contributed by atoms with E-state index < -0.39 is 12.1 Å². The van der Waals surface area contributed by atoms with Crippen LogP contribution in [0.25, 0.3) is 6.08 Å². The summed E-state index contributed by atoms with van der Waals surface area (Å²) in [6.07, 6.45) is 7.33. The molecular weight excluding hydrogens is 392 g/mol. The fraction of sp³-hybridized carbons (Fsp3) is 0.423. The Labute approximate surface area is 184 Å². The van der Waals surface area contributed by atoms with E-state index in [9.17, 15) is 9.90 Å². The molecule has 0 spiro atoms. The van der Waals surface area contributed by atoms with Crippen molar-refractivity contribution in [3.63, 3.8) is 0 Å². The standard InChI is InChI=1S/C26H32O5/c1-29-24-16-8-13-21-12-6-3-7-14-22(27)18-23(31-26(28)25(21)24)15-9-17-30-19-20-10-4-2-5-11-20/h2,4-6,8,10-13,16,22-23,27H,3,7,9,14-15,17-19H2,1H3/b12-6+/t22-,23+/m1/s1. The quantitative estimate of drug-likeness (QED) is 0.491. The lowest BCUT2D eigenvalue weighted by Crippen LogP contribution is -2.25. The normalized spacial score (nSPS) is 20.6. The van der Waals surface area contributed by atoms with E-state index in [0.29, 0.717) is 43.8 Å². The molecule has 2 atom stereocenters. The van der Waals surface area contributed by atoms with Crippen molar-refractivity contribution in [3.05, 3.63) is 71.3 Å². The van der Waals surface area contributed by atoms with Gasteiger partial charge in [0.15, 0.2) is 0 Å². The maximum Gasteiger partial charge on any atom is 0.342 e. The molecule has 0 bridgehead atoms. The van der Waals surface area contributed by atoms with Crippen LogP contribution in [0.1, 0.15) is 60.0 Å². The van der Waals surface area contributed by atoms with Crippen molar-refractivity contribution in [3.8, 4) is 5.75 Å². The number of aliphatic hydroxyl groups excluding tert-OH is 1. The third kappa shape index (κ3) is 7.23. The minimum Gasteiger partial charge on any atom is -0.496 e. The van der Waals surface area contributed by atoms with E-state index in [1.165, 1.54) is 0 Å². The lowest BCUT2D eigenvalue weighted by atomic mass is 10.00. The van der Waals surface area contributed by atoms with E-state index in [-0.39, 0.29) is 6.10 Å². The van der Waals surface area contributed by atoms with Gasteiger partial charge in [0.1, 0.15) is 17.4 Å². The summed E-state index contributed by atoms with van der Waals surface area (Å²) in [6, 6.07) is 15.6. The van der Waals surface area contributed by atoms with Crippen molar-refractivity contribution >= 4 is 12.0 Å². The summed E-state index contributed by atoms with van der Waals surface area (Å²) < 4.78 is 17.0. The van der Waals surface area contributed by atoms with E-state index in [0.717, 1.165) is 30.4 Å². The zero-order valence-corrected chi connectivity index (χ0v) is 18.2. The summed E-state index contributed by atoms with van der Waals surface area (Å²) in [7, 11) is 1.55. The van der Waals surface area contributed by atoms with E-state index in [1.807, 2.05) is 54.6 Å². The molecule has 1 heterocycles. The van der Waals surface area contributed by atoms with Crippen LogP contribution in [0.2, 0.25) is 0 Å². The maximum absolute atomic E-state index is 13.0. The minimum atomic E-state index is -0.493. The number of fused-ring (bicyclic) bond motifs is 1. The van der Waals surface area contributed by atoms with Crippen molar-refractivity contribution in [2.24, 2.45) is 0 Å². The molecule has 0 fully saturated rings. The summed E-state index contributed by atoms with van der Waals surface area (Å²) in [6.45, 7) is 1.13. The largest absolute Gasteiger partial charge is 0.496 e. The smallest absolute Gasteiger partial charge is 0.342 e. The van der Waals surface area contributed by atoms with Gasteiger partial charge in [0.2, 0.25) is 0 Å². The molecule has 166 valence electrons. The van der Waals surface area contributed by atoms with Gasteiger partial charge in [-0.15, -0.1) is 0 Å². The molecule has 3 rings (SSSR count). The van der Waals surface area contributed by atoms with E-state index in [2.05, 4.69) is 0 Å². The first kappa shape index (κ1) is 23.0. The van der Waals surface area contributed by atoms with Crippen molar-refractivity contribution in [1.82, 2.24) is 0 Å². The Morgan fingerprint density at radius 3 is 2.77 bits per heavy atom. The van der Waals surface area contributed by atoms with Crippen LogP contribution in [0, 0.1) is 0 Å². The first-order chi connectivity index (χ1) is 15.2. The molecule has 2 aromatic rings. The van der Waals surface area contributed by atoms with Crippen LogP contribution in [-0.2, 0) is 16.1 Å². The lowest BCUT2D eigenvalue weighted by molar-refractivity contribution is 0.00680. The third-order valence-electron chi connectivity index (χ3n) is 5.42. The topological polar surface area (TPSA) is 65.0 Å². The zero-order chi connectivity index (χ0) is 21.9. The van der Waals surface area contributed by atoms with Crippen LogP contribution in [-0.4, -0.2) is 37.0 Å². The van der Waals surface area contributed by atoms with Crippen molar-refractivity contribution in [1.29, 1.82) is 0 Å². The number of carbonyl (C=O) groups excluding carboxylic acids is 1. The molecule has 0 aromatic heterocycles. The predicted molar refractivity (Wildman–Crippen MR) is 121 cm³/mol. The molecule has 1 N–H and O–H groups in total. The van der Waals surface area contributed by atoms with Crippen LogP contribution in [0.5, 0.6) is 5.75 Å². The number of allylic oxidation sites excluding steroid dienone is 1. The number of benzene rings is 2. The van der Waals surface area contributed by atoms with Gasteiger partial charge in [0, 0.05) is 13.0 Å². The summed E-state index contributed by atoms with van der Waals surface area (Å²) in [4.78, 5) is 13.0. The third-order valence-corrected chi connectivity index (χ3v) is 5.42. The SMILES string of the molecule is COc1cccc2c1C(=O)O[C@@H](CCCOCc1ccccc1)C[C@H](O)CCC/C=C/2. The number of carbonyl (C=O) groups is 1. The van der Waals surface area contributed by atoms with Gasteiger partial charge in [-0.05, 0) is 49.3 Å². The van der Waals surface area contributed by atoms with Gasteiger partial charge in [0.05, 0.1) is 19.8 Å². The molecule has 5 nitrogen and oxygen atoms in total. The summed E-state index contributed by atoms with van der Waals surface area (Å²) in [5.74, 6) is 0.0785. The van der Waals surface area contributed by atoms with Gasteiger partial charge in [-0.3, -0.25) is 0 Å². The van der Waals surface area contributed by atoms with Crippen LogP contribution in [0.4, 0.5) is 0 Å². The maximum atomic E-state index is 13.0. The highest BCUT2D eigenvalue weighted by molar-refractivity contribution is 5.96.